The Morgan fingerprint density at radius 1 is 1.44 bits per heavy atom. The van der Waals surface area contributed by atoms with Gasteiger partial charge >= 0.3 is 0 Å². The summed E-state index contributed by atoms with van der Waals surface area (Å²) in [6, 6.07) is 6.00. The van der Waals surface area contributed by atoms with E-state index in [0.717, 1.165) is 36.0 Å². The van der Waals surface area contributed by atoms with Crippen LogP contribution in [0.15, 0.2) is 18.2 Å². The number of rotatable bonds is 8. The second kappa shape index (κ2) is 8.96. The van der Waals surface area contributed by atoms with E-state index in [1.165, 1.54) is 0 Å². The number of aryl methyl sites for hydroxylation is 1. The molecule has 0 aliphatic carbocycles. The summed E-state index contributed by atoms with van der Waals surface area (Å²) in [5, 5.41) is 2.84. The quantitative estimate of drug-likeness (QED) is 0.630. The molecule has 8 nitrogen and oxygen atoms in total. The average Bonchev–Trinajstić information content (AvgIpc) is 3.03. The fraction of sp³-hybridized carbons (Fsp3) is 0.526. The van der Waals surface area contributed by atoms with Crippen molar-refractivity contribution in [3.63, 3.8) is 0 Å². The highest BCUT2D eigenvalue weighted by atomic mass is 16.5. The van der Waals surface area contributed by atoms with Gasteiger partial charge in [-0.15, -0.1) is 0 Å². The van der Waals surface area contributed by atoms with Crippen LogP contribution in [0.2, 0.25) is 0 Å². The molecule has 1 aliphatic heterocycles. The Bertz CT molecular complexity index is 804. The van der Waals surface area contributed by atoms with Gasteiger partial charge in [0.1, 0.15) is 19.0 Å². The highest BCUT2D eigenvalue weighted by Crippen LogP contribution is 2.15. The molecule has 2 amide bonds. The zero-order chi connectivity index (χ0) is 19.2. The zero-order valence-corrected chi connectivity index (χ0v) is 15.7. The lowest BCUT2D eigenvalue weighted by atomic mass is 9.97. The number of piperidine rings is 1. The molecule has 0 saturated carbocycles. The van der Waals surface area contributed by atoms with Crippen LogP contribution in [-0.2, 0) is 20.9 Å². The highest BCUT2D eigenvalue weighted by Gasteiger charge is 2.23. The number of benzene rings is 1. The molecule has 3 rings (SSSR count). The summed E-state index contributed by atoms with van der Waals surface area (Å²) in [5.41, 5.74) is 8.40. The predicted octanol–water partition coefficient (Wildman–Crippen LogP) is 0.701. The maximum Gasteiger partial charge on any atom is 0.246 e. The summed E-state index contributed by atoms with van der Waals surface area (Å²) >= 11 is 0. The second-order valence-corrected chi connectivity index (χ2v) is 7.09. The number of hydrogen-bond donors (Lipinski definition) is 3. The second-order valence-electron chi connectivity index (χ2n) is 7.09. The Kier molecular flexibility index (Phi) is 6.41. The number of carbonyl (C=O) groups is 2. The molecule has 1 aliphatic rings. The molecule has 1 aromatic carbocycles. The molecule has 27 heavy (non-hydrogen) atoms. The molecule has 1 unspecified atom stereocenters. The molecule has 1 saturated heterocycles. The third-order valence-electron chi connectivity index (χ3n) is 4.82. The van der Waals surface area contributed by atoms with Gasteiger partial charge < -0.3 is 25.7 Å². The van der Waals surface area contributed by atoms with Gasteiger partial charge in [0.25, 0.3) is 0 Å². The average molecular weight is 373 g/mol. The molecule has 2 aromatic rings. The number of likely N-dealkylation sites (tertiary alicyclic amines) is 1. The van der Waals surface area contributed by atoms with E-state index in [2.05, 4.69) is 20.2 Å². The fourth-order valence-corrected chi connectivity index (χ4v) is 3.38. The normalized spacial score (nSPS) is 17.9. The van der Waals surface area contributed by atoms with Crippen LogP contribution in [0.3, 0.4) is 0 Å². The van der Waals surface area contributed by atoms with Crippen LogP contribution in [-0.4, -0.2) is 59.5 Å². The van der Waals surface area contributed by atoms with Crippen molar-refractivity contribution in [3.8, 4) is 0 Å². The van der Waals surface area contributed by atoms with Gasteiger partial charge in [0.15, 0.2) is 0 Å². The molecule has 1 aromatic heterocycles. The monoisotopic (exact) mass is 373 g/mol. The summed E-state index contributed by atoms with van der Waals surface area (Å²) in [7, 11) is 0. The van der Waals surface area contributed by atoms with E-state index in [0.29, 0.717) is 25.5 Å². The van der Waals surface area contributed by atoms with Gasteiger partial charge in [0.05, 0.1) is 17.0 Å². The molecular formula is C19H27N5O3. The smallest absolute Gasteiger partial charge is 0.246 e. The summed E-state index contributed by atoms with van der Waals surface area (Å²) in [5.74, 6) is 0.225. The van der Waals surface area contributed by atoms with E-state index < -0.39 is 0 Å². The van der Waals surface area contributed by atoms with Crippen LogP contribution in [0.25, 0.3) is 11.0 Å². The van der Waals surface area contributed by atoms with Gasteiger partial charge in [-0.05, 0) is 44.0 Å². The van der Waals surface area contributed by atoms with Gasteiger partial charge in [0.2, 0.25) is 11.8 Å². The van der Waals surface area contributed by atoms with Crippen molar-refractivity contribution in [2.75, 3.05) is 32.8 Å². The lowest BCUT2D eigenvalue weighted by molar-refractivity contribution is -0.126. The Morgan fingerprint density at radius 3 is 3.11 bits per heavy atom. The third-order valence-corrected chi connectivity index (χ3v) is 4.82. The van der Waals surface area contributed by atoms with Gasteiger partial charge in [-0.1, -0.05) is 6.07 Å². The van der Waals surface area contributed by atoms with Crippen molar-refractivity contribution < 1.29 is 14.3 Å². The highest BCUT2D eigenvalue weighted by molar-refractivity contribution is 5.77. The van der Waals surface area contributed by atoms with E-state index in [4.69, 9.17) is 10.5 Å². The lowest BCUT2D eigenvalue weighted by Gasteiger charge is -2.31. The zero-order valence-electron chi connectivity index (χ0n) is 15.7. The Balaban J connectivity index is 1.34. The standard InChI is InChI=1S/C19H27N5O3/c1-13-4-5-15-16(9-13)23-17(22-15)11-27-12-18(25)21-6-8-24-7-2-3-14(10-24)19(20)26/h4-5,9,14H,2-3,6-8,10-12H2,1H3,(H2,20,26)(H,21,25)(H,22,23). The van der Waals surface area contributed by atoms with Crippen LogP contribution >= 0.6 is 0 Å². The molecule has 0 radical (unpaired) electrons. The first-order chi connectivity index (χ1) is 13.0. The minimum Gasteiger partial charge on any atom is -0.369 e. The molecule has 146 valence electrons. The van der Waals surface area contributed by atoms with E-state index >= 15 is 0 Å². The maximum absolute atomic E-state index is 11.9. The van der Waals surface area contributed by atoms with E-state index in [1.807, 2.05) is 25.1 Å². The predicted molar refractivity (Wildman–Crippen MR) is 102 cm³/mol. The topological polar surface area (TPSA) is 113 Å². The van der Waals surface area contributed by atoms with Crippen molar-refractivity contribution in [2.45, 2.75) is 26.4 Å². The Morgan fingerprint density at radius 2 is 2.30 bits per heavy atom. The maximum atomic E-state index is 11.9. The molecule has 0 spiro atoms. The summed E-state index contributed by atoms with van der Waals surface area (Å²) < 4.78 is 5.45. The summed E-state index contributed by atoms with van der Waals surface area (Å²) in [4.78, 5) is 33.0. The summed E-state index contributed by atoms with van der Waals surface area (Å²) in [6.07, 6.45) is 1.81. The van der Waals surface area contributed by atoms with E-state index in [-0.39, 0.29) is 30.9 Å². The van der Waals surface area contributed by atoms with Gasteiger partial charge in [-0.25, -0.2) is 4.98 Å². The number of primary amides is 1. The number of imidazole rings is 1. The van der Waals surface area contributed by atoms with Crippen LogP contribution in [0.1, 0.15) is 24.2 Å². The van der Waals surface area contributed by atoms with Gasteiger partial charge in [0, 0.05) is 19.6 Å². The minimum absolute atomic E-state index is 0.0139. The van der Waals surface area contributed by atoms with Crippen molar-refractivity contribution >= 4 is 22.8 Å². The number of hydrogen-bond acceptors (Lipinski definition) is 5. The Hall–Kier alpha value is -2.45. The number of fused-ring (bicyclic) bond motifs is 1. The third kappa shape index (κ3) is 5.51. The number of H-pyrrole nitrogens is 1. The number of amides is 2. The number of carbonyl (C=O) groups excluding carboxylic acids is 2. The summed E-state index contributed by atoms with van der Waals surface area (Å²) in [6.45, 7) is 5.11. The number of aromatic nitrogens is 2. The molecule has 2 heterocycles. The van der Waals surface area contributed by atoms with Crippen molar-refractivity contribution in [1.82, 2.24) is 20.2 Å². The number of nitrogens with two attached hydrogens (primary N) is 1. The van der Waals surface area contributed by atoms with Crippen LogP contribution in [0, 0.1) is 12.8 Å². The first kappa shape index (κ1) is 19.3. The number of aromatic amines is 1. The first-order valence-corrected chi connectivity index (χ1v) is 9.32. The minimum atomic E-state index is -0.238. The number of nitrogens with zero attached hydrogens (tertiary/aromatic N) is 2. The van der Waals surface area contributed by atoms with Crippen LogP contribution in [0.4, 0.5) is 0 Å². The SMILES string of the molecule is Cc1ccc2nc(COCC(=O)NCCN3CCCC(C(N)=O)C3)[nH]c2c1. The molecule has 8 heteroatoms. The van der Waals surface area contributed by atoms with Crippen LogP contribution in [0.5, 0.6) is 0 Å². The van der Waals surface area contributed by atoms with E-state index in [1.54, 1.807) is 0 Å². The molecule has 4 N–H and O–H groups in total. The van der Waals surface area contributed by atoms with Crippen molar-refractivity contribution in [1.29, 1.82) is 0 Å². The largest absolute Gasteiger partial charge is 0.369 e. The van der Waals surface area contributed by atoms with Crippen molar-refractivity contribution in [3.05, 3.63) is 29.6 Å². The van der Waals surface area contributed by atoms with Gasteiger partial charge in [-0.3, -0.25) is 9.59 Å². The molecule has 1 fully saturated rings. The molecular weight excluding hydrogens is 346 g/mol. The Labute approximate surface area is 158 Å². The van der Waals surface area contributed by atoms with Crippen LogP contribution < -0.4 is 11.1 Å². The molecule has 1 atom stereocenters. The fourth-order valence-electron chi connectivity index (χ4n) is 3.38. The first-order valence-electron chi connectivity index (χ1n) is 9.32. The van der Waals surface area contributed by atoms with E-state index in [9.17, 15) is 9.59 Å². The number of ether oxygens (including phenoxy) is 1. The lowest BCUT2D eigenvalue weighted by Crippen LogP contribution is -2.44. The molecule has 0 bridgehead atoms. The number of nitrogens with one attached hydrogen (secondary N) is 2. The van der Waals surface area contributed by atoms with Crippen molar-refractivity contribution in [2.24, 2.45) is 11.7 Å². The van der Waals surface area contributed by atoms with Gasteiger partial charge in [-0.2, -0.15) is 0 Å².